The van der Waals surface area contributed by atoms with E-state index in [0.717, 1.165) is 24.8 Å². The normalized spacial score (nSPS) is 14.2. The maximum atomic E-state index is 11.7. The highest BCUT2D eigenvalue weighted by atomic mass is 16.5. The molecule has 1 fully saturated rings. The summed E-state index contributed by atoms with van der Waals surface area (Å²) in [7, 11) is 0. The minimum absolute atomic E-state index is 0.117. The predicted octanol–water partition coefficient (Wildman–Crippen LogP) is 3.23. The topological polar surface area (TPSA) is 60.4 Å². The van der Waals surface area contributed by atoms with E-state index in [0.29, 0.717) is 25.0 Å². The van der Waals surface area contributed by atoms with Crippen molar-refractivity contribution in [3.63, 3.8) is 0 Å². The van der Waals surface area contributed by atoms with Gasteiger partial charge in [-0.3, -0.25) is 9.59 Å². The van der Waals surface area contributed by atoms with Crippen molar-refractivity contribution in [2.75, 3.05) is 0 Å². The van der Waals surface area contributed by atoms with Crippen LogP contribution in [0.5, 0.6) is 0 Å². The average molecular weight is 302 g/mol. The fourth-order valence-corrected chi connectivity index (χ4v) is 2.42. The van der Waals surface area contributed by atoms with Crippen molar-refractivity contribution in [3.05, 3.63) is 35.9 Å². The van der Waals surface area contributed by atoms with Crippen LogP contribution in [0.2, 0.25) is 0 Å². The van der Waals surface area contributed by atoms with Crippen molar-refractivity contribution in [2.24, 2.45) is 5.92 Å². The van der Waals surface area contributed by atoms with Crippen molar-refractivity contribution in [1.29, 1.82) is 0 Å². The van der Waals surface area contributed by atoms with E-state index in [9.17, 15) is 14.4 Å². The van der Waals surface area contributed by atoms with E-state index >= 15 is 0 Å². The third-order valence-corrected chi connectivity index (χ3v) is 4.08. The van der Waals surface area contributed by atoms with Crippen LogP contribution < -0.4 is 0 Å². The Balaban J connectivity index is 1.58. The van der Waals surface area contributed by atoms with Crippen LogP contribution in [-0.4, -0.2) is 17.5 Å². The molecule has 0 atom stereocenters. The lowest BCUT2D eigenvalue weighted by molar-refractivity contribution is -0.154. The molecule has 0 heterocycles. The molecule has 1 aromatic carbocycles. The number of hydrogen-bond donors (Lipinski definition) is 0. The van der Waals surface area contributed by atoms with Crippen molar-refractivity contribution < 1.29 is 19.1 Å². The molecular formula is C18H22O4. The van der Waals surface area contributed by atoms with Gasteiger partial charge >= 0.3 is 5.97 Å². The molecule has 1 aliphatic carbocycles. The molecule has 4 heteroatoms. The first-order valence-corrected chi connectivity index (χ1v) is 7.93. The Bertz CT molecular complexity index is 517. The molecule has 0 bridgehead atoms. The van der Waals surface area contributed by atoms with E-state index in [1.54, 1.807) is 0 Å². The van der Waals surface area contributed by atoms with Crippen molar-refractivity contribution in [3.8, 4) is 0 Å². The van der Waals surface area contributed by atoms with Gasteiger partial charge in [0.2, 0.25) is 5.78 Å². The average Bonchev–Trinajstić information content (AvgIpc) is 2.48. The minimum atomic E-state index is -0.783. The summed E-state index contributed by atoms with van der Waals surface area (Å²) in [5.41, 5.74) is 0.856. The highest BCUT2D eigenvalue weighted by Gasteiger charge is 2.24. The van der Waals surface area contributed by atoms with Crippen LogP contribution in [0.1, 0.15) is 50.5 Å². The maximum Gasteiger partial charge on any atom is 0.374 e. The minimum Gasteiger partial charge on any atom is -0.455 e. The molecule has 2 rings (SSSR count). The quantitative estimate of drug-likeness (QED) is 0.399. The number of ether oxygens (including phenoxy) is 1. The van der Waals surface area contributed by atoms with Gasteiger partial charge in [-0.25, -0.2) is 4.79 Å². The molecule has 22 heavy (non-hydrogen) atoms. The van der Waals surface area contributed by atoms with Gasteiger partial charge in [0.25, 0.3) is 0 Å². The van der Waals surface area contributed by atoms with Gasteiger partial charge in [0, 0.05) is 18.8 Å². The molecule has 1 aliphatic rings. The Labute approximate surface area is 130 Å². The summed E-state index contributed by atoms with van der Waals surface area (Å²) in [5.74, 6) is -0.724. The fraction of sp³-hybridized carbons (Fsp3) is 0.500. The van der Waals surface area contributed by atoms with Gasteiger partial charge in [-0.05, 0) is 31.2 Å². The number of carbonyl (C=O) groups excluding carboxylic acids is 3. The summed E-state index contributed by atoms with van der Waals surface area (Å²) in [4.78, 5) is 34.9. The Hall–Kier alpha value is -1.97. The van der Waals surface area contributed by atoms with Gasteiger partial charge in [-0.2, -0.15) is 0 Å². The molecule has 0 aliphatic heterocycles. The SMILES string of the molecule is O=C(CCCCC(=O)C1CCC1)C(=O)OCc1ccccc1. The first kappa shape index (κ1) is 16.4. The Morgan fingerprint density at radius 2 is 1.68 bits per heavy atom. The molecule has 0 unspecified atom stereocenters. The molecular weight excluding hydrogens is 280 g/mol. The lowest BCUT2D eigenvalue weighted by Gasteiger charge is -2.23. The largest absolute Gasteiger partial charge is 0.455 e. The molecule has 0 radical (unpaired) electrons. The molecule has 1 saturated carbocycles. The van der Waals surface area contributed by atoms with Crippen molar-refractivity contribution in [2.45, 2.75) is 51.6 Å². The highest BCUT2D eigenvalue weighted by molar-refractivity contribution is 6.33. The summed E-state index contributed by atoms with van der Waals surface area (Å²) in [6.45, 7) is 0.117. The number of benzene rings is 1. The summed E-state index contributed by atoms with van der Waals surface area (Å²) < 4.78 is 4.98. The van der Waals surface area contributed by atoms with E-state index in [-0.39, 0.29) is 18.9 Å². The zero-order valence-corrected chi connectivity index (χ0v) is 12.8. The van der Waals surface area contributed by atoms with E-state index in [1.807, 2.05) is 30.3 Å². The van der Waals surface area contributed by atoms with Gasteiger partial charge < -0.3 is 4.74 Å². The van der Waals surface area contributed by atoms with Gasteiger partial charge in [0.15, 0.2) is 0 Å². The number of unbranched alkanes of at least 4 members (excludes halogenated alkanes) is 1. The molecule has 0 amide bonds. The second-order valence-electron chi connectivity index (χ2n) is 5.79. The van der Waals surface area contributed by atoms with Gasteiger partial charge in [-0.15, -0.1) is 0 Å². The Morgan fingerprint density at radius 3 is 2.32 bits per heavy atom. The zero-order valence-electron chi connectivity index (χ0n) is 12.8. The first-order chi connectivity index (χ1) is 10.7. The monoisotopic (exact) mass is 302 g/mol. The van der Waals surface area contributed by atoms with E-state index in [1.165, 1.54) is 0 Å². The highest BCUT2D eigenvalue weighted by Crippen LogP contribution is 2.28. The van der Waals surface area contributed by atoms with Crippen LogP contribution >= 0.6 is 0 Å². The summed E-state index contributed by atoms with van der Waals surface area (Å²) >= 11 is 0. The third-order valence-electron chi connectivity index (χ3n) is 4.08. The number of carbonyl (C=O) groups is 3. The number of rotatable bonds is 9. The number of hydrogen-bond acceptors (Lipinski definition) is 4. The van der Waals surface area contributed by atoms with E-state index in [4.69, 9.17) is 4.74 Å². The smallest absolute Gasteiger partial charge is 0.374 e. The lowest BCUT2D eigenvalue weighted by Crippen LogP contribution is -2.21. The second-order valence-corrected chi connectivity index (χ2v) is 5.79. The lowest BCUT2D eigenvalue weighted by atomic mass is 9.80. The van der Waals surface area contributed by atoms with Crippen molar-refractivity contribution in [1.82, 2.24) is 0 Å². The van der Waals surface area contributed by atoms with Crippen LogP contribution in [0.25, 0.3) is 0 Å². The van der Waals surface area contributed by atoms with E-state index < -0.39 is 11.8 Å². The first-order valence-electron chi connectivity index (χ1n) is 7.93. The number of ketones is 2. The van der Waals surface area contributed by atoms with Crippen molar-refractivity contribution >= 4 is 17.5 Å². The summed E-state index contributed by atoms with van der Waals surface area (Å²) in [5, 5.41) is 0. The van der Waals surface area contributed by atoms with Gasteiger partial charge in [0.1, 0.15) is 12.4 Å². The zero-order chi connectivity index (χ0) is 15.8. The van der Waals surface area contributed by atoms with Gasteiger partial charge in [-0.1, -0.05) is 36.8 Å². The standard InChI is InChI=1S/C18H22O4/c19-16(15-9-6-10-15)11-4-5-12-17(20)18(21)22-13-14-7-2-1-3-8-14/h1-3,7-8,15H,4-6,9-13H2. The molecule has 1 aromatic rings. The third kappa shape index (κ3) is 5.10. The maximum absolute atomic E-state index is 11.7. The van der Waals surface area contributed by atoms with Crippen LogP contribution in [0.3, 0.4) is 0 Å². The van der Waals surface area contributed by atoms with Crippen LogP contribution in [0.15, 0.2) is 30.3 Å². The number of esters is 1. The molecule has 4 nitrogen and oxygen atoms in total. The summed E-state index contributed by atoms with van der Waals surface area (Å²) in [6.07, 6.45) is 5.11. The van der Waals surface area contributed by atoms with Crippen LogP contribution in [0, 0.1) is 5.92 Å². The van der Waals surface area contributed by atoms with Gasteiger partial charge in [0.05, 0.1) is 0 Å². The van der Waals surface area contributed by atoms with Crippen LogP contribution in [-0.2, 0) is 25.7 Å². The van der Waals surface area contributed by atoms with E-state index in [2.05, 4.69) is 0 Å². The Kier molecular flexibility index (Phi) is 6.31. The summed E-state index contributed by atoms with van der Waals surface area (Å²) in [6, 6.07) is 9.25. The predicted molar refractivity (Wildman–Crippen MR) is 82.1 cm³/mol. The fourth-order valence-electron chi connectivity index (χ4n) is 2.42. The van der Waals surface area contributed by atoms with Crippen LogP contribution in [0.4, 0.5) is 0 Å². The number of Topliss-reactive ketones (excluding diaryl/α,β-unsaturated/α-hetero) is 2. The molecule has 0 saturated heterocycles. The molecule has 118 valence electrons. The molecule has 0 aromatic heterocycles. The Morgan fingerprint density at radius 1 is 1.00 bits per heavy atom. The molecule has 0 spiro atoms. The molecule has 0 N–H and O–H groups in total. The second kappa shape index (κ2) is 8.47.